The zero-order chi connectivity index (χ0) is 15.1. The van der Waals surface area contributed by atoms with Gasteiger partial charge in [0.05, 0.1) is 0 Å². The molecular weight excluding hydrogens is 270 g/mol. The fraction of sp³-hybridized carbons (Fsp3) is 0.625. The molecular formula is C16H28ClN3. The number of hydrogen-bond acceptors (Lipinski definition) is 3. The van der Waals surface area contributed by atoms with E-state index in [4.69, 9.17) is 17.3 Å². The summed E-state index contributed by atoms with van der Waals surface area (Å²) in [6, 6.07) is 8.29. The first kappa shape index (κ1) is 17.4. The summed E-state index contributed by atoms with van der Waals surface area (Å²) in [5.41, 5.74) is 7.25. The number of nitrogens with two attached hydrogens (primary N) is 1. The average Bonchev–Trinajstić information content (AvgIpc) is 2.36. The van der Waals surface area contributed by atoms with Gasteiger partial charge in [-0.25, -0.2) is 0 Å². The summed E-state index contributed by atoms with van der Waals surface area (Å²) in [7, 11) is 4.20. The van der Waals surface area contributed by atoms with Gasteiger partial charge in [0.15, 0.2) is 0 Å². The van der Waals surface area contributed by atoms with Gasteiger partial charge in [-0.05, 0) is 37.7 Å². The molecule has 114 valence electrons. The maximum atomic E-state index is 6.12. The maximum absolute atomic E-state index is 6.12. The number of nitrogens with zero attached hydrogens (tertiary/aromatic N) is 2. The lowest BCUT2D eigenvalue weighted by atomic mass is 10.0. The van der Waals surface area contributed by atoms with E-state index in [2.05, 4.69) is 43.8 Å². The summed E-state index contributed by atoms with van der Waals surface area (Å²) in [5.74, 6) is 0.616. The van der Waals surface area contributed by atoms with E-state index >= 15 is 0 Å². The molecule has 0 heterocycles. The van der Waals surface area contributed by atoms with E-state index in [1.807, 2.05) is 18.2 Å². The second-order valence-electron chi connectivity index (χ2n) is 6.00. The van der Waals surface area contributed by atoms with Gasteiger partial charge in [-0.15, -0.1) is 0 Å². The van der Waals surface area contributed by atoms with Crippen LogP contribution in [0.1, 0.15) is 25.5 Å². The minimum atomic E-state index is 0.232. The van der Waals surface area contributed by atoms with Gasteiger partial charge in [0.1, 0.15) is 0 Å². The predicted molar refractivity (Wildman–Crippen MR) is 88.2 cm³/mol. The van der Waals surface area contributed by atoms with Crippen molar-refractivity contribution in [3.8, 4) is 0 Å². The zero-order valence-electron chi connectivity index (χ0n) is 13.1. The molecule has 20 heavy (non-hydrogen) atoms. The normalized spacial score (nSPS) is 13.4. The number of rotatable bonds is 8. The van der Waals surface area contributed by atoms with Crippen molar-refractivity contribution < 1.29 is 0 Å². The lowest BCUT2D eigenvalue weighted by molar-refractivity contribution is 0.163. The minimum absolute atomic E-state index is 0.232. The van der Waals surface area contributed by atoms with E-state index in [1.54, 1.807) is 0 Å². The third-order valence-electron chi connectivity index (χ3n) is 3.33. The standard InChI is InChI=1S/C16H28ClN3/c1-13(2)12-20(9-8-19(3)4)16(11-18)14-6-5-7-15(17)10-14/h5-7,10,13,16H,8-9,11-12,18H2,1-4H3. The molecule has 0 radical (unpaired) electrons. The highest BCUT2D eigenvalue weighted by atomic mass is 35.5. The Morgan fingerprint density at radius 2 is 1.90 bits per heavy atom. The van der Waals surface area contributed by atoms with E-state index in [9.17, 15) is 0 Å². The van der Waals surface area contributed by atoms with Crippen molar-refractivity contribution in [2.75, 3.05) is 40.3 Å². The van der Waals surface area contributed by atoms with E-state index in [0.717, 1.165) is 24.7 Å². The fourth-order valence-electron chi connectivity index (χ4n) is 2.38. The van der Waals surface area contributed by atoms with Gasteiger partial charge in [0.25, 0.3) is 0 Å². The number of hydrogen-bond donors (Lipinski definition) is 1. The largest absolute Gasteiger partial charge is 0.329 e. The monoisotopic (exact) mass is 297 g/mol. The topological polar surface area (TPSA) is 32.5 Å². The van der Waals surface area contributed by atoms with Gasteiger partial charge in [-0.2, -0.15) is 0 Å². The van der Waals surface area contributed by atoms with Gasteiger partial charge >= 0.3 is 0 Å². The summed E-state index contributed by atoms with van der Waals surface area (Å²) in [6.45, 7) is 8.19. The maximum Gasteiger partial charge on any atom is 0.0471 e. The van der Waals surface area contributed by atoms with Crippen molar-refractivity contribution in [3.63, 3.8) is 0 Å². The highest BCUT2D eigenvalue weighted by molar-refractivity contribution is 6.30. The third kappa shape index (κ3) is 5.80. The predicted octanol–water partition coefficient (Wildman–Crippen LogP) is 2.86. The molecule has 4 heteroatoms. The molecule has 0 aromatic heterocycles. The molecule has 2 N–H and O–H groups in total. The molecule has 0 spiro atoms. The molecule has 0 bridgehead atoms. The summed E-state index contributed by atoms with van der Waals surface area (Å²) in [6.07, 6.45) is 0. The summed E-state index contributed by atoms with van der Waals surface area (Å²) < 4.78 is 0. The van der Waals surface area contributed by atoms with Crippen molar-refractivity contribution in [1.82, 2.24) is 9.80 Å². The first-order valence-electron chi connectivity index (χ1n) is 7.28. The SMILES string of the molecule is CC(C)CN(CCN(C)C)C(CN)c1cccc(Cl)c1. The van der Waals surface area contributed by atoms with Gasteiger partial charge in [0.2, 0.25) is 0 Å². The highest BCUT2D eigenvalue weighted by Crippen LogP contribution is 2.23. The summed E-state index contributed by atoms with van der Waals surface area (Å²) in [5, 5.41) is 0.776. The molecule has 3 nitrogen and oxygen atoms in total. The molecule has 1 rings (SSSR count). The first-order chi connectivity index (χ1) is 9.43. The van der Waals surface area contributed by atoms with Crippen molar-refractivity contribution in [2.45, 2.75) is 19.9 Å². The fourth-order valence-corrected chi connectivity index (χ4v) is 2.58. The van der Waals surface area contributed by atoms with Crippen LogP contribution in [0.2, 0.25) is 5.02 Å². The van der Waals surface area contributed by atoms with Crippen molar-refractivity contribution in [3.05, 3.63) is 34.9 Å². The van der Waals surface area contributed by atoms with Crippen molar-refractivity contribution in [2.24, 2.45) is 11.7 Å². The Hall–Kier alpha value is -0.610. The zero-order valence-corrected chi connectivity index (χ0v) is 13.9. The molecule has 1 aromatic rings. The van der Waals surface area contributed by atoms with Crippen LogP contribution >= 0.6 is 11.6 Å². The van der Waals surface area contributed by atoms with Crippen molar-refractivity contribution >= 4 is 11.6 Å². The highest BCUT2D eigenvalue weighted by Gasteiger charge is 2.20. The van der Waals surface area contributed by atoms with Crippen molar-refractivity contribution in [1.29, 1.82) is 0 Å². The van der Waals surface area contributed by atoms with Gasteiger partial charge in [-0.3, -0.25) is 4.90 Å². The first-order valence-corrected chi connectivity index (χ1v) is 7.66. The van der Waals surface area contributed by atoms with Gasteiger partial charge in [0, 0.05) is 37.2 Å². The lowest BCUT2D eigenvalue weighted by Crippen LogP contribution is -2.40. The number of benzene rings is 1. The molecule has 0 saturated heterocycles. The van der Waals surface area contributed by atoms with E-state index in [1.165, 1.54) is 5.56 Å². The Morgan fingerprint density at radius 1 is 1.20 bits per heavy atom. The Kier molecular flexibility index (Phi) is 7.52. The molecule has 0 aliphatic carbocycles. The van der Waals surface area contributed by atoms with E-state index in [0.29, 0.717) is 12.5 Å². The second-order valence-corrected chi connectivity index (χ2v) is 6.44. The van der Waals surface area contributed by atoms with Gasteiger partial charge in [-0.1, -0.05) is 37.6 Å². The quantitative estimate of drug-likeness (QED) is 0.801. The Balaban J connectivity index is 2.88. The second kappa shape index (κ2) is 8.63. The summed E-state index contributed by atoms with van der Waals surface area (Å²) >= 11 is 6.12. The molecule has 1 atom stereocenters. The van der Waals surface area contributed by atoms with Crippen LogP contribution in [0.5, 0.6) is 0 Å². The van der Waals surface area contributed by atoms with Crippen LogP contribution < -0.4 is 5.73 Å². The molecule has 1 unspecified atom stereocenters. The van der Waals surface area contributed by atoms with Crippen LogP contribution in [-0.2, 0) is 0 Å². The molecule has 0 fully saturated rings. The average molecular weight is 298 g/mol. The van der Waals surface area contributed by atoms with Crippen LogP contribution in [0.25, 0.3) is 0 Å². The summed E-state index contributed by atoms with van der Waals surface area (Å²) in [4.78, 5) is 4.68. The Bertz CT molecular complexity index is 393. The van der Waals surface area contributed by atoms with Crippen LogP contribution in [0, 0.1) is 5.92 Å². The lowest BCUT2D eigenvalue weighted by Gasteiger charge is -2.33. The van der Waals surface area contributed by atoms with Crippen LogP contribution in [-0.4, -0.2) is 50.1 Å². The molecule has 0 aliphatic heterocycles. The number of halogens is 1. The molecule has 0 aliphatic rings. The van der Waals surface area contributed by atoms with Gasteiger partial charge < -0.3 is 10.6 Å². The van der Waals surface area contributed by atoms with E-state index in [-0.39, 0.29) is 6.04 Å². The smallest absolute Gasteiger partial charge is 0.0471 e. The molecule has 1 aromatic carbocycles. The molecule has 0 saturated carbocycles. The molecule has 0 amide bonds. The number of likely N-dealkylation sites (N-methyl/N-ethyl adjacent to an activating group) is 1. The third-order valence-corrected chi connectivity index (χ3v) is 3.57. The Morgan fingerprint density at radius 3 is 2.40 bits per heavy atom. The van der Waals surface area contributed by atoms with Crippen LogP contribution in [0.3, 0.4) is 0 Å². The minimum Gasteiger partial charge on any atom is -0.329 e. The van der Waals surface area contributed by atoms with E-state index < -0.39 is 0 Å². The van der Waals surface area contributed by atoms with Crippen LogP contribution in [0.4, 0.5) is 0 Å². The van der Waals surface area contributed by atoms with Crippen LogP contribution in [0.15, 0.2) is 24.3 Å². The Labute approximate surface area is 128 Å².